The molecule has 174 valence electrons. The first-order valence-electron chi connectivity index (χ1n) is 12.4. The summed E-state index contributed by atoms with van der Waals surface area (Å²) in [6.45, 7) is 4.13. The number of hydrogen-bond donors (Lipinski definition) is 0. The Kier molecular flexibility index (Phi) is 6.23. The maximum atomic E-state index is 12.5. The standard InChI is InChI=1S/C30H30O4/c1-3-5-17-25(31)33-23-15-9-13-21-28-20-12-8-7-11-19(20)27(29(21)23)22-14-10-16-24(30(22)28)34-26(32)18-6-4-2/h7-16,27-28H,3-6,17-18H2,1-2H3. The summed E-state index contributed by atoms with van der Waals surface area (Å²) >= 11 is 0. The van der Waals surface area contributed by atoms with E-state index in [-0.39, 0.29) is 23.8 Å². The molecule has 3 aliphatic carbocycles. The molecule has 0 amide bonds. The van der Waals surface area contributed by atoms with Crippen molar-refractivity contribution in [3.8, 4) is 11.5 Å². The normalized spacial score (nSPS) is 16.9. The Bertz CT molecular complexity index is 1150. The third-order valence-corrected chi connectivity index (χ3v) is 6.93. The summed E-state index contributed by atoms with van der Waals surface area (Å²) in [5.74, 6) is 0.747. The zero-order valence-electron chi connectivity index (χ0n) is 19.8. The lowest BCUT2D eigenvalue weighted by Crippen LogP contribution is -2.29. The molecule has 0 N–H and O–H groups in total. The Morgan fingerprint density at radius 2 is 1.03 bits per heavy atom. The topological polar surface area (TPSA) is 52.6 Å². The number of unbranched alkanes of at least 4 members (excludes halogenated alkanes) is 2. The van der Waals surface area contributed by atoms with Crippen molar-refractivity contribution in [1.82, 2.24) is 0 Å². The quantitative estimate of drug-likeness (QED) is 0.190. The summed E-state index contributed by atoms with van der Waals surface area (Å²) in [4.78, 5) is 25.1. The lowest BCUT2D eigenvalue weighted by atomic mass is 9.60. The van der Waals surface area contributed by atoms with E-state index in [0.29, 0.717) is 24.3 Å². The number of carbonyl (C=O) groups is 2. The zero-order valence-corrected chi connectivity index (χ0v) is 19.8. The van der Waals surface area contributed by atoms with E-state index in [0.717, 1.165) is 47.9 Å². The predicted molar refractivity (Wildman–Crippen MR) is 132 cm³/mol. The average Bonchev–Trinajstić information content (AvgIpc) is 2.86. The van der Waals surface area contributed by atoms with Crippen molar-refractivity contribution < 1.29 is 19.1 Å². The van der Waals surface area contributed by atoms with Gasteiger partial charge in [0.25, 0.3) is 0 Å². The second-order valence-corrected chi connectivity index (χ2v) is 9.17. The lowest BCUT2D eigenvalue weighted by Gasteiger charge is -2.43. The van der Waals surface area contributed by atoms with Gasteiger partial charge in [-0.2, -0.15) is 0 Å². The second-order valence-electron chi connectivity index (χ2n) is 9.17. The molecule has 2 bridgehead atoms. The van der Waals surface area contributed by atoms with Crippen molar-refractivity contribution in [2.24, 2.45) is 0 Å². The van der Waals surface area contributed by atoms with Crippen LogP contribution in [0.1, 0.15) is 97.6 Å². The average molecular weight is 455 g/mol. The van der Waals surface area contributed by atoms with Gasteiger partial charge in [-0.1, -0.05) is 75.2 Å². The molecule has 0 radical (unpaired) electrons. The van der Waals surface area contributed by atoms with Gasteiger partial charge in [0.1, 0.15) is 11.5 Å². The van der Waals surface area contributed by atoms with E-state index in [9.17, 15) is 9.59 Å². The highest BCUT2D eigenvalue weighted by atomic mass is 16.5. The Morgan fingerprint density at radius 1 is 0.618 bits per heavy atom. The minimum Gasteiger partial charge on any atom is -0.426 e. The number of hydrogen-bond acceptors (Lipinski definition) is 4. The van der Waals surface area contributed by atoms with E-state index in [1.54, 1.807) is 0 Å². The molecule has 34 heavy (non-hydrogen) atoms. The number of benzene rings is 3. The van der Waals surface area contributed by atoms with Gasteiger partial charge in [0.05, 0.1) is 0 Å². The fourth-order valence-electron chi connectivity index (χ4n) is 5.40. The summed E-state index contributed by atoms with van der Waals surface area (Å²) in [6.07, 6.45) is 4.37. The van der Waals surface area contributed by atoms with Crippen LogP contribution in [0.25, 0.3) is 0 Å². The molecule has 0 fully saturated rings. The van der Waals surface area contributed by atoms with Crippen molar-refractivity contribution in [3.05, 3.63) is 94.0 Å². The molecule has 4 heteroatoms. The molecular weight excluding hydrogens is 424 g/mol. The van der Waals surface area contributed by atoms with Gasteiger partial charge < -0.3 is 9.47 Å². The minimum absolute atomic E-state index is 0.0735. The van der Waals surface area contributed by atoms with Gasteiger partial charge in [0, 0.05) is 35.8 Å². The molecule has 2 unspecified atom stereocenters. The molecule has 4 nitrogen and oxygen atoms in total. The van der Waals surface area contributed by atoms with Gasteiger partial charge >= 0.3 is 11.9 Å². The summed E-state index contributed by atoms with van der Waals surface area (Å²) in [7, 11) is 0. The molecule has 0 heterocycles. The molecular formula is C30H30O4. The second kappa shape index (κ2) is 9.46. The van der Waals surface area contributed by atoms with Crippen LogP contribution in [0.3, 0.4) is 0 Å². The summed E-state index contributed by atoms with van der Waals surface area (Å²) in [5.41, 5.74) is 6.79. The van der Waals surface area contributed by atoms with Gasteiger partial charge in [0.2, 0.25) is 0 Å². The van der Waals surface area contributed by atoms with Crippen molar-refractivity contribution >= 4 is 11.9 Å². The van der Waals surface area contributed by atoms with Crippen LogP contribution in [-0.2, 0) is 9.59 Å². The highest BCUT2D eigenvalue weighted by molar-refractivity contribution is 5.78. The van der Waals surface area contributed by atoms with E-state index in [2.05, 4.69) is 50.2 Å². The third-order valence-electron chi connectivity index (χ3n) is 6.93. The zero-order chi connectivity index (χ0) is 23.7. The lowest BCUT2D eigenvalue weighted by molar-refractivity contribution is -0.135. The number of esters is 2. The fraction of sp³-hybridized carbons (Fsp3) is 0.333. The maximum absolute atomic E-state index is 12.5. The van der Waals surface area contributed by atoms with Crippen LogP contribution in [0.5, 0.6) is 11.5 Å². The van der Waals surface area contributed by atoms with Gasteiger partial charge in [-0.15, -0.1) is 0 Å². The monoisotopic (exact) mass is 454 g/mol. The summed E-state index contributed by atoms with van der Waals surface area (Å²) < 4.78 is 11.8. The number of ether oxygens (including phenoxy) is 2. The van der Waals surface area contributed by atoms with E-state index in [4.69, 9.17) is 9.47 Å². The Morgan fingerprint density at radius 3 is 1.44 bits per heavy atom. The minimum atomic E-state index is -0.191. The van der Waals surface area contributed by atoms with E-state index in [1.807, 2.05) is 24.3 Å². The van der Waals surface area contributed by atoms with Crippen LogP contribution >= 0.6 is 0 Å². The highest BCUT2D eigenvalue weighted by Gasteiger charge is 2.44. The smallest absolute Gasteiger partial charge is 0.311 e. The molecule has 3 aromatic rings. The molecule has 6 rings (SSSR count). The Labute approximate surface area is 200 Å². The number of rotatable bonds is 8. The van der Waals surface area contributed by atoms with Crippen LogP contribution in [0.4, 0.5) is 0 Å². The predicted octanol–water partition coefficient (Wildman–Crippen LogP) is 6.87. The van der Waals surface area contributed by atoms with Crippen molar-refractivity contribution in [1.29, 1.82) is 0 Å². The third kappa shape index (κ3) is 3.81. The van der Waals surface area contributed by atoms with Gasteiger partial charge in [-0.25, -0.2) is 0 Å². The highest BCUT2D eigenvalue weighted by Crippen LogP contribution is 2.59. The molecule has 0 saturated heterocycles. The summed E-state index contributed by atoms with van der Waals surface area (Å²) in [6, 6.07) is 20.4. The number of carbonyl (C=O) groups excluding carboxylic acids is 2. The van der Waals surface area contributed by atoms with Crippen molar-refractivity contribution in [3.63, 3.8) is 0 Å². The van der Waals surface area contributed by atoms with Crippen LogP contribution in [0.2, 0.25) is 0 Å². The van der Waals surface area contributed by atoms with Crippen LogP contribution in [0, 0.1) is 0 Å². The molecule has 0 aromatic heterocycles. The fourth-order valence-corrected chi connectivity index (χ4v) is 5.40. The molecule has 0 aliphatic heterocycles. The Balaban J connectivity index is 1.61. The molecule has 0 saturated carbocycles. The van der Waals surface area contributed by atoms with Crippen LogP contribution < -0.4 is 9.47 Å². The van der Waals surface area contributed by atoms with E-state index >= 15 is 0 Å². The van der Waals surface area contributed by atoms with E-state index in [1.165, 1.54) is 11.1 Å². The SMILES string of the molecule is CCCCC(=O)Oc1cccc2c1C1c3ccccc3C2c2c(OC(=O)CCCC)cccc21. The van der Waals surface area contributed by atoms with Crippen LogP contribution in [-0.4, -0.2) is 11.9 Å². The Hall–Kier alpha value is -3.40. The first-order valence-corrected chi connectivity index (χ1v) is 12.4. The van der Waals surface area contributed by atoms with E-state index < -0.39 is 0 Å². The largest absolute Gasteiger partial charge is 0.426 e. The maximum Gasteiger partial charge on any atom is 0.311 e. The van der Waals surface area contributed by atoms with Gasteiger partial charge in [-0.3, -0.25) is 9.59 Å². The first-order chi connectivity index (χ1) is 16.6. The van der Waals surface area contributed by atoms with Crippen molar-refractivity contribution in [2.45, 2.75) is 64.2 Å². The molecule has 2 atom stereocenters. The molecule has 3 aromatic carbocycles. The van der Waals surface area contributed by atoms with Crippen molar-refractivity contribution in [2.75, 3.05) is 0 Å². The van der Waals surface area contributed by atoms with Gasteiger partial charge in [0.15, 0.2) is 0 Å². The first kappa shape index (κ1) is 22.4. The molecule has 0 spiro atoms. The van der Waals surface area contributed by atoms with Crippen LogP contribution in [0.15, 0.2) is 60.7 Å². The summed E-state index contributed by atoms with van der Waals surface area (Å²) in [5, 5.41) is 0. The van der Waals surface area contributed by atoms with Gasteiger partial charge in [-0.05, 0) is 47.2 Å². The molecule has 3 aliphatic rings.